The maximum absolute atomic E-state index is 12.9. The topological polar surface area (TPSA) is 40.5 Å². The van der Waals surface area contributed by atoms with Gasteiger partial charge in [0.25, 0.3) is 0 Å². The van der Waals surface area contributed by atoms with Crippen molar-refractivity contribution < 1.29 is 23.1 Å². The fourth-order valence-corrected chi connectivity index (χ4v) is 2.68. The third kappa shape index (κ3) is 3.37. The van der Waals surface area contributed by atoms with Crippen LogP contribution in [0.5, 0.6) is 0 Å². The smallest absolute Gasteiger partial charge is 0.404 e. The fraction of sp³-hybridized carbons (Fsp3) is 0.917. The summed E-state index contributed by atoms with van der Waals surface area (Å²) in [4.78, 5) is 11.9. The average Bonchev–Trinajstić information content (AvgIpc) is 2.69. The van der Waals surface area contributed by atoms with Crippen molar-refractivity contribution in [3.8, 4) is 0 Å². The van der Waals surface area contributed by atoms with E-state index in [0.717, 1.165) is 12.8 Å². The quantitative estimate of drug-likeness (QED) is 0.832. The van der Waals surface area contributed by atoms with Crippen molar-refractivity contribution in [1.82, 2.24) is 4.90 Å². The van der Waals surface area contributed by atoms with E-state index in [9.17, 15) is 18.0 Å². The third-order valence-electron chi connectivity index (χ3n) is 4.15. The second-order valence-corrected chi connectivity index (χ2v) is 5.08. The van der Waals surface area contributed by atoms with Crippen LogP contribution >= 0.6 is 0 Å². The molecule has 0 bridgehead atoms. The van der Waals surface area contributed by atoms with Gasteiger partial charge in [-0.2, -0.15) is 13.2 Å². The van der Waals surface area contributed by atoms with Gasteiger partial charge in [-0.05, 0) is 31.2 Å². The number of aliphatic carboxylic acids is 1. The molecule has 1 fully saturated rings. The third-order valence-corrected chi connectivity index (χ3v) is 4.15. The summed E-state index contributed by atoms with van der Waals surface area (Å²) in [5, 5.41) is 8.63. The van der Waals surface area contributed by atoms with Crippen LogP contribution in [0.2, 0.25) is 0 Å². The summed E-state index contributed by atoms with van der Waals surface area (Å²) in [5.41, 5.74) is -0.0813. The van der Waals surface area contributed by atoms with Crippen molar-refractivity contribution in [1.29, 1.82) is 0 Å². The lowest BCUT2D eigenvalue weighted by Crippen LogP contribution is -2.46. The van der Waals surface area contributed by atoms with Gasteiger partial charge in [-0.3, -0.25) is 9.69 Å². The molecule has 1 heterocycles. The second kappa shape index (κ2) is 5.47. The highest BCUT2D eigenvalue weighted by atomic mass is 19.4. The highest BCUT2D eigenvalue weighted by Crippen LogP contribution is 2.40. The van der Waals surface area contributed by atoms with E-state index < -0.39 is 24.6 Å². The highest BCUT2D eigenvalue weighted by Gasteiger charge is 2.49. The van der Waals surface area contributed by atoms with Gasteiger partial charge in [-0.25, -0.2) is 0 Å². The first-order valence-electron chi connectivity index (χ1n) is 6.26. The number of carboxylic acids is 1. The molecule has 106 valence electrons. The lowest BCUT2D eigenvalue weighted by molar-refractivity contribution is -0.189. The van der Waals surface area contributed by atoms with Crippen LogP contribution in [-0.2, 0) is 4.79 Å². The maximum Gasteiger partial charge on any atom is 0.404 e. The summed E-state index contributed by atoms with van der Waals surface area (Å²) in [6, 6.07) is -1.85. The molecule has 0 aromatic rings. The van der Waals surface area contributed by atoms with Crippen LogP contribution in [0.1, 0.15) is 39.5 Å². The Kier molecular flexibility index (Phi) is 4.64. The summed E-state index contributed by atoms with van der Waals surface area (Å²) in [6.07, 6.45) is -2.97. The summed E-state index contributed by atoms with van der Waals surface area (Å²) in [7, 11) is 0. The van der Waals surface area contributed by atoms with Crippen molar-refractivity contribution in [2.45, 2.75) is 51.7 Å². The van der Waals surface area contributed by atoms with E-state index in [4.69, 9.17) is 5.11 Å². The first-order valence-corrected chi connectivity index (χ1v) is 6.26. The highest BCUT2D eigenvalue weighted by molar-refractivity contribution is 5.67. The van der Waals surface area contributed by atoms with E-state index in [1.807, 2.05) is 13.8 Å². The van der Waals surface area contributed by atoms with Gasteiger partial charge >= 0.3 is 12.1 Å². The molecular weight excluding hydrogens is 247 g/mol. The normalized spacial score (nSPS) is 22.1. The molecule has 1 saturated heterocycles. The number of rotatable bonds is 5. The van der Waals surface area contributed by atoms with Gasteiger partial charge in [0.15, 0.2) is 0 Å². The molecule has 1 aliphatic heterocycles. The molecule has 1 unspecified atom stereocenters. The molecule has 0 aromatic heterocycles. The minimum atomic E-state index is -4.48. The zero-order valence-corrected chi connectivity index (χ0v) is 10.8. The van der Waals surface area contributed by atoms with Crippen LogP contribution < -0.4 is 0 Å². The van der Waals surface area contributed by atoms with E-state index in [0.29, 0.717) is 19.5 Å². The molecule has 1 aliphatic rings. The average molecular weight is 267 g/mol. The Hall–Kier alpha value is -0.780. The molecule has 0 saturated carbocycles. The lowest BCUT2D eigenvalue weighted by Gasteiger charge is -2.31. The number of alkyl halides is 3. The largest absolute Gasteiger partial charge is 0.481 e. The van der Waals surface area contributed by atoms with Crippen LogP contribution in [0.25, 0.3) is 0 Å². The molecule has 1 rings (SSSR count). The van der Waals surface area contributed by atoms with Gasteiger partial charge in [-0.15, -0.1) is 0 Å². The monoisotopic (exact) mass is 267 g/mol. The number of hydrogen-bond acceptors (Lipinski definition) is 2. The zero-order chi connectivity index (χ0) is 14.0. The Balaban J connectivity index is 2.80. The molecule has 0 aromatic carbocycles. The molecule has 0 radical (unpaired) electrons. The van der Waals surface area contributed by atoms with E-state index in [1.54, 1.807) is 0 Å². The Morgan fingerprint density at radius 2 is 1.94 bits per heavy atom. The van der Waals surface area contributed by atoms with Crippen molar-refractivity contribution in [2.24, 2.45) is 5.41 Å². The van der Waals surface area contributed by atoms with Crippen LogP contribution in [0.4, 0.5) is 13.2 Å². The molecule has 1 N–H and O–H groups in total. The van der Waals surface area contributed by atoms with Crippen LogP contribution in [-0.4, -0.2) is 41.3 Å². The van der Waals surface area contributed by atoms with Gasteiger partial charge in [0.05, 0.1) is 6.42 Å². The van der Waals surface area contributed by atoms with Crippen LogP contribution in [0, 0.1) is 5.41 Å². The minimum absolute atomic E-state index is 0.0813. The fourth-order valence-electron chi connectivity index (χ4n) is 2.68. The molecule has 18 heavy (non-hydrogen) atoms. The lowest BCUT2D eigenvalue weighted by atomic mass is 9.82. The molecule has 3 nitrogen and oxygen atoms in total. The summed E-state index contributed by atoms with van der Waals surface area (Å²) in [6.45, 7) is 4.64. The predicted octanol–water partition coefficient (Wildman–Crippen LogP) is 2.90. The number of carbonyl (C=O) groups is 1. The van der Waals surface area contributed by atoms with Crippen molar-refractivity contribution in [3.05, 3.63) is 0 Å². The van der Waals surface area contributed by atoms with E-state index in [-0.39, 0.29) is 5.41 Å². The Morgan fingerprint density at radius 1 is 1.39 bits per heavy atom. The van der Waals surface area contributed by atoms with Gasteiger partial charge in [0.1, 0.15) is 6.04 Å². The molecule has 0 amide bonds. The van der Waals surface area contributed by atoms with Gasteiger partial charge in [0, 0.05) is 6.54 Å². The second-order valence-electron chi connectivity index (χ2n) is 5.08. The Morgan fingerprint density at radius 3 is 2.28 bits per heavy atom. The molecule has 6 heteroatoms. The molecule has 0 aliphatic carbocycles. The molecule has 0 spiro atoms. The van der Waals surface area contributed by atoms with Gasteiger partial charge < -0.3 is 5.11 Å². The summed E-state index contributed by atoms with van der Waals surface area (Å²) >= 11 is 0. The summed E-state index contributed by atoms with van der Waals surface area (Å²) < 4.78 is 38.7. The molecular formula is C12H20F3NO2. The first-order chi connectivity index (χ1) is 8.24. The van der Waals surface area contributed by atoms with Crippen molar-refractivity contribution in [3.63, 3.8) is 0 Å². The van der Waals surface area contributed by atoms with Gasteiger partial charge in [-0.1, -0.05) is 13.8 Å². The first kappa shape index (κ1) is 15.3. The summed E-state index contributed by atoms with van der Waals surface area (Å²) in [5.74, 6) is -1.40. The number of hydrogen-bond donors (Lipinski definition) is 1. The number of carboxylic acid groups (broad SMARTS) is 1. The van der Waals surface area contributed by atoms with Gasteiger partial charge in [0.2, 0.25) is 0 Å². The van der Waals surface area contributed by atoms with E-state index >= 15 is 0 Å². The number of halogens is 3. The van der Waals surface area contributed by atoms with Crippen LogP contribution in [0.15, 0.2) is 0 Å². The Bertz CT molecular complexity index is 300. The maximum atomic E-state index is 12.9. The van der Waals surface area contributed by atoms with Crippen molar-refractivity contribution >= 4 is 5.97 Å². The van der Waals surface area contributed by atoms with E-state index in [2.05, 4.69) is 0 Å². The van der Waals surface area contributed by atoms with Crippen molar-refractivity contribution in [2.75, 3.05) is 13.1 Å². The van der Waals surface area contributed by atoms with Crippen LogP contribution in [0.3, 0.4) is 0 Å². The molecule has 1 atom stereocenters. The standard InChI is InChI=1S/C12H20F3NO2/c1-3-11(4-2)5-6-16(8-11)9(7-10(17)18)12(13,14)15/h9H,3-8H2,1-2H3,(H,17,18). The van der Waals surface area contributed by atoms with E-state index in [1.165, 1.54) is 4.90 Å². The number of likely N-dealkylation sites (tertiary alicyclic amines) is 1. The SMILES string of the molecule is CCC1(CC)CCN(C(CC(=O)O)C(F)(F)F)C1. The predicted molar refractivity (Wildman–Crippen MR) is 61.3 cm³/mol. The zero-order valence-electron chi connectivity index (χ0n) is 10.8. The number of nitrogens with zero attached hydrogens (tertiary/aromatic N) is 1. The Labute approximate surface area is 105 Å². The minimum Gasteiger partial charge on any atom is -0.481 e.